The number of hydrogen-bond donors (Lipinski definition) is 1. The molecule has 1 aliphatic rings. The first kappa shape index (κ1) is 20.3. The van der Waals surface area contributed by atoms with Crippen LogP contribution in [0.2, 0.25) is 0 Å². The first-order valence-corrected chi connectivity index (χ1v) is 10.3. The standard InChI is InChI=1S/C22H26N2O3S/c1-22(2,3)17-8-6-16(7-9-17)20(25)23-19(15-18-5-4-14-28-18)21(26)24-10-12-27-13-11-24/h4-9,14-15H,10-13H2,1-3H3,(H,23,25). The molecule has 0 aliphatic carbocycles. The lowest BCUT2D eigenvalue weighted by Gasteiger charge is -2.27. The molecule has 1 aromatic carbocycles. The third-order valence-corrected chi connectivity index (χ3v) is 5.44. The summed E-state index contributed by atoms with van der Waals surface area (Å²) in [6.07, 6.45) is 1.74. The number of ether oxygens (including phenoxy) is 1. The van der Waals surface area contributed by atoms with Gasteiger partial charge in [-0.2, -0.15) is 0 Å². The molecule has 0 spiro atoms. The Morgan fingerprint density at radius 2 is 1.79 bits per heavy atom. The van der Waals surface area contributed by atoms with Gasteiger partial charge in [0.05, 0.1) is 13.2 Å². The van der Waals surface area contributed by atoms with Crippen LogP contribution in [-0.2, 0) is 14.9 Å². The van der Waals surface area contributed by atoms with Crippen LogP contribution in [0.15, 0.2) is 47.5 Å². The predicted molar refractivity (Wildman–Crippen MR) is 112 cm³/mol. The Morgan fingerprint density at radius 3 is 2.36 bits per heavy atom. The summed E-state index contributed by atoms with van der Waals surface area (Å²) in [5.74, 6) is -0.471. The van der Waals surface area contributed by atoms with Gasteiger partial charge in [-0.3, -0.25) is 9.59 Å². The summed E-state index contributed by atoms with van der Waals surface area (Å²) < 4.78 is 5.33. The monoisotopic (exact) mass is 398 g/mol. The molecule has 148 valence electrons. The van der Waals surface area contributed by atoms with E-state index in [0.717, 1.165) is 10.4 Å². The highest BCUT2D eigenvalue weighted by Gasteiger charge is 2.23. The van der Waals surface area contributed by atoms with Crippen molar-refractivity contribution in [3.05, 3.63) is 63.5 Å². The zero-order valence-corrected chi connectivity index (χ0v) is 17.3. The van der Waals surface area contributed by atoms with Gasteiger partial charge in [0.2, 0.25) is 0 Å². The summed E-state index contributed by atoms with van der Waals surface area (Å²) in [5, 5.41) is 4.76. The van der Waals surface area contributed by atoms with E-state index in [1.807, 2.05) is 29.6 Å². The number of nitrogens with one attached hydrogen (secondary N) is 1. The summed E-state index contributed by atoms with van der Waals surface area (Å²) in [7, 11) is 0. The molecule has 1 fully saturated rings. The zero-order chi connectivity index (χ0) is 20.1. The number of thiophene rings is 1. The zero-order valence-electron chi connectivity index (χ0n) is 16.5. The molecule has 1 aromatic heterocycles. The van der Waals surface area contributed by atoms with Crippen LogP contribution in [-0.4, -0.2) is 43.0 Å². The van der Waals surface area contributed by atoms with Gasteiger partial charge in [-0.15, -0.1) is 11.3 Å². The van der Waals surface area contributed by atoms with Gasteiger partial charge in [-0.1, -0.05) is 39.0 Å². The SMILES string of the molecule is CC(C)(C)c1ccc(C(=O)NC(=Cc2cccs2)C(=O)N2CCOCC2)cc1. The smallest absolute Gasteiger partial charge is 0.270 e. The van der Waals surface area contributed by atoms with Crippen LogP contribution < -0.4 is 5.32 Å². The molecule has 3 rings (SSSR count). The molecule has 1 saturated heterocycles. The Bertz CT molecular complexity index is 843. The maximum Gasteiger partial charge on any atom is 0.270 e. The normalized spacial score (nSPS) is 15.4. The lowest BCUT2D eigenvalue weighted by atomic mass is 9.87. The van der Waals surface area contributed by atoms with Crippen molar-refractivity contribution < 1.29 is 14.3 Å². The van der Waals surface area contributed by atoms with E-state index >= 15 is 0 Å². The lowest BCUT2D eigenvalue weighted by Crippen LogP contribution is -2.44. The molecule has 1 N–H and O–H groups in total. The number of rotatable bonds is 4. The molecule has 5 nitrogen and oxygen atoms in total. The number of morpholine rings is 1. The number of carbonyl (C=O) groups excluding carboxylic acids is 2. The van der Waals surface area contributed by atoms with Gasteiger partial charge in [0.1, 0.15) is 5.70 Å². The van der Waals surface area contributed by atoms with Crippen LogP contribution in [0.5, 0.6) is 0 Å². The third-order valence-electron chi connectivity index (χ3n) is 4.62. The molecule has 0 saturated carbocycles. The molecule has 0 radical (unpaired) electrons. The molecule has 2 heterocycles. The van der Waals surface area contributed by atoms with E-state index in [2.05, 4.69) is 26.1 Å². The fourth-order valence-corrected chi connectivity index (χ4v) is 3.58. The van der Waals surface area contributed by atoms with Crippen molar-refractivity contribution in [2.45, 2.75) is 26.2 Å². The minimum atomic E-state index is -0.287. The van der Waals surface area contributed by atoms with Crippen molar-refractivity contribution in [2.24, 2.45) is 0 Å². The van der Waals surface area contributed by atoms with Crippen molar-refractivity contribution in [3.8, 4) is 0 Å². The van der Waals surface area contributed by atoms with Crippen LogP contribution in [0.4, 0.5) is 0 Å². The number of carbonyl (C=O) groups is 2. The highest BCUT2D eigenvalue weighted by atomic mass is 32.1. The van der Waals surface area contributed by atoms with Crippen LogP contribution >= 0.6 is 11.3 Å². The lowest BCUT2D eigenvalue weighted by molar-refractivity contribution is -0.131. The number of amides is 2. The van der Waals surface area contributed by atoms with Gasteiger partial charge in [-0.25, -0.2) is 0 Å². The molecule has 6 heteroatoms. The first-order chi connectivity index (χ1) is 13.3. The highest BCUT2D eigenvalue weighted by Crippen LogP contribution is 2.22. The molecular formula is C22H26N2O3S. The molecule has 2 aromatic rings. The maximum atomic E-state index is 13.0. The van der Waals surface area contributed by atoms with E-state index < -0.39 is 0 Å². The van der Waals surface area contributed by atoms with Gasteiger partial charge in [0.25, 0.3) is 11.8 Å². The second kappa shape index (κ2) is 8.71. The maximum absolute atomic E-state index is 13.0. The molecule has 28 heavy (non-hydrogen) atoms. The average Bonchev–Trinajstić information content (AvgIpc) is 3.20. The number of benzene rings is 1. The van der Waals surface area contributed by atoms with Crippen molar-refractivity contribution in [1.29, 1.82) is 0 Å². The highest BCUT2D eigenvalue weighted by molar-refractivity contribution is 7.10. The second-order valence-electron chi connectivity index (χ2n) is 7.76. The summed E-state index contributed by atoms with van der Waals surface area (Å²) in [6, 6.07) is 11.4. The van der Waals surface area contributed by atoms with Crippen molar-refractivity contribution in [3.63, 3.8) is 0 Å². The number of hydrogen-bond acceptors (Lipinski definition) is 4. The van der Waals surface area contributed by atoms with E-state index in [4.69, 9.17) is 4.74 Å². The van der Waals surface area contributed by atoms with Gasteiger partial charge >= 0.3 is 0 Å². The van der Waals surface area contributed by atoms with Crippen molar-refractivity contribution in [1.82, 2.24) is 10.2 Å². The van der Waals surface area contributed by atoms with Gasteiger partial charge in [0, 0.05) is 23.5 Å². The van der Waals surface area contributed by atoms with Gasteiger partial charge in [0.15, 0.2) is 0 Å². The summed E-state index contributed by atoms with van der Waals surface area (Å²) >= 11 is 1.52. The second-order valence-corrected chi connectivity index (χ2v) is 8.74. The summed E-state index contributed by atoms with van der Waals surface area (Å²) in [5.41, 5.74) is 1.99. The van der Waals surface area contributed by atoms with Gasteiger partial charge in [-0.05, 0) is 40.6 Å². The van der Waals surface area contributed by atoms with Crippen molar-refractivity contribution >= 4 is 29.2 Å². The van der Waals surface area contributed by atoms with E-state index in [1.54, 1.807) is 23.1 Å². The Labute approximate surface area is 170 Å². The average molecular weight is 399 g/mol. The Hall–Kier alpha value is -2.44. The fraction of sp³-hybridized carbons (Fsp3) is 0.364. The molecule has 2 amide bonds. The third kappa shape index (κ3) is 5.09. The Morgan fingerprint density at radius 1 is 1.11 bits per heavy atom. The van der Waals surface area contributed by atoms with E-state index in [9.17, 15) is 9.59 Å². The van der Waals surface area contributed by atoms with Gasteiger partial charge < -0.3 is 15.0 Å². The number of nitrogens with zero attached hydrogens (tertiary/aromatic N) is 1. The summed E-state index contributed by atoms with van der Waals surface area (Å²) in [4.78, 5) is 28.4. The quantitative estimate of drug-likeness (QED) is 0.800. The molecule has 0 atom stereocenters. The van der Waals surface area contributed by atoms with E-state index in [-0.39, 0.29) is 22.9 Å². The molecule has 1 aliphatic heterocycles. The molecular weight excluding hydrogens is 372 g/mol. The fourth-order valence-electron chi connectivity index (χ4n) is 2.92. The van der Waals surface area contributed by atoms with Crippen LogP contribution in [0.25, 0.3) is 6.08 Å². The molecule has 0 bridgehead atoms. The minimum absolute atomic E-state index is 0.0194. The Balaban J connectivity index is 1.80. The van der Waals surface area contributed by atoms with Crippen LogP contribution in [0.1, 0.15) is 41.6 Å². The minimum Gasteiger partial charge on any atom is -0.378 e. The van der Waals surface area contributed by atoms with Crippen LogP contribution in [0.3, 0.4) is 0 Å². The van der Waals surface area contributed by atoms with Crippen LogP contribution in [0, 0.1) is 0 Å². The summed E-state index contributed by atoms with van der Waals surface area (Å²) in [6.45, 7) is 8.47. The molecule has 0 unspecified atom stereocenters. The Kier molecular flexibility index (Phi) is 6.31. The largest absolute Gasteiger partial charge is 0.378 e. The van der Waals surface area contributed by atoms with Crippen molar-refractivity contribution in [2.75, 3.05) is 26.3 Å². The topological polar surface area (TPSA) is 58.6 Å². The predicted octanol–water partition coefficient (Wildman–Crippen LogP) is 3.68. The van der Waals surface area contributed by atoms with E-state index in [1.165, 1.54) is 11.3 Å². The van der Waals surface area contributed by atoms with E-state index in [0.29, 0.717) is 31.9 Å². The first-order valence-electron chi connectivity index (χ1n) is 9.39.